The third-order valence-electron chi connectivity index (χ3n) is 4.46. The molecule has 0 atom stereocenters. The van der Waals surface area contributed by atoms with Gasteiger partial charge in [-0.1, -0.05) is 43.2 Å². The highest BCUT2D eigenvalue weighted by atomic mass is 16.6. The number of unbranched alkanes of at least 4 members (excludes halogenated alkanes) is 4. The van der Waals surface area contributed by atoms with Gasteiger partial charge in [-0.25, -0.2) is 4.79 Å². The number of hydrogen-bond acceptors (Lipinski definition) is 7. The monoisotopic (exact) mass is 508 g/mol. The fraction of sp³-hybridized carbons (Fsp3) is 0.679. The molecule has 206 valence electrons. The number of rotatable bonds is 13. The molecule has 0 aliphatic carbocycles. The second-order valence-electron chi connectivity index (χ2n) is 10.6. The van der Waals surface area contributed by atoms with Crippen molar-refractivity contribution in [2.24, 2.45) is 5.73 Å². The average molecular weight is 509 g/mol. The summed E-state index contributed by atoms with van der Waals surface area (Å²) in [4.78, 5) is 34.2. The largest absolute Gasteiger partial charge is 0.460 e. The lowest BCUT2D eigenvalue weighted by Gasteiger charge is -2.19. The second kappa shape index (κ2) is 18.6. The molecule has 0 aliphatic rings. The third-order valence-corrected chi connectivity index (χ3v) is 4.46. The summed E-state index contributed by atoms with van der Waals surface area (Å²) in [7, 11) is 0. The van der Waals surface area contributed by atoms with Crippen LogP contribution in [0.15, 0.2) is 30.3 Å². The normalized spacial score (nSPS) is 11.1. The quantitative estimate of drug-likeness (QED) is 0.200. The minimum atomic E-state index is -0.429. The molecule has 0 saturated heterocycles. The van der Waals surface area contributed by atoms with E-state index in [1.54, 1.807) is 0 Å². The lowest BCUT2D eigenvalue weighted by atomic mass is 10.1. The van der Waals surface area contributed by atoms with Gasteiger partial charge in [-0.05, 0) is 79.3 Å². The van der Waals surface area contributed by atoms with Crippen LogP contribution in [0.2, 0.25) is 0 Å². The molecule has 36 heavy (non-hydrogen) atoms. The smallest absolute Gasteiger partial charge is 0.407 e. The fourth-order valence-electron chi connectivity index (χ4n) is 2.91. The van der Waals surface area contributed by atoms with Crippen LogP contribution in [0.3, 0.4) is 0 Å². The number of carbonyl (C=O) groups is 3. The van der Waals surface area contributed by atoms with E-state index in [0.717, 1.165) is 44.1 Å². The molecule has 3 N–H and O–H groups in total. The number of hydrogen-bond donors (Lipinski definition) is 2. The summed E-state index contributed by atoms with van der Waals surface area (Å²) < 4.78 is 15.5. The van der Waals surface area contributed by atoms with E-state index in [2.05, 4.69) is 5.32 Å². The van der Waals surface area contributed by atoms with Crippen LogP contribution in [0.25, 0.3) is 0 Å². The maximum atomic E-state index is 11.5. The standard InChI is InChI=1S/C18H27NO4.C10H21NO2/c1-18(2,3)23-16(20)12-8-5-9-13-19-17(21)22-14-15-10-6-4-7-11-15;1-10(2,3)13-9(12)7-5-4-6-8-11/h4,6-7,10-11H,5,8-9,12-14H2,1-3H3,(H,19,21);4-8,11H2,1-3H3. The molecule has 0 saturated carbocycles. The van der Waals surface area contributed by atoms with Crippen LogP contribution in [0, 0.1) is 0 Å². The number of nitrogens with one attached hydrogen (secondary N) is 1. The number of alkyl carbamates (subject to hydrolysis) is 1. The van der Waals surface area contributed by atoms with Crippen LogP contribution in [0.4, 0.5) is 4.79 Å². The Labute approximate surface area is 217 Å². The Morgan fingerprint density at radius 3 is 1.72 bits per heavy atom. The van der Waals surface area contributed by atoms with Crippen LogP contribution in [-0.4, -0.2) is 42.3 Å². The van der Waals surface area contributed by atoms with Crippen molar-refractivity contribution in [2.75, 3.05) is 13.1 Å². The van der Waals surface area contributed by atoms with E-state index in [0.29, 0.717) is 25.9 Å². The molecule has 0 unspecified atom stereocenters. The number of nitrogens with two attached hydrogens (primary N) is 1. The van der Waals surface area contributed by atoms with Crippen LogP contribution < -0.4 is 11.1 Å². The summed E-state index contributed by atoms with van der Waals surface area (Å²) in [5, 5.41) is 2.70. The van der Waals surface area contributed by atoms with Gasteiger partial charge in [0.05, 0.1) is 0 Å². The van der Waals surface area contributed by atoms with Gasteiger partial charge in [-0.3, -0.25) is 9.59 Å². The summed E-state index contributed by atoms with van der Waals surface area (Å²) in [5.74, 6) is -0.280. The van der Waals surface area contributed by atoms with Gasteiger partial charge in [0.15, 0.2) is 0 Å². The lowest BCUT2D eigenvalue weighted by Crippen LogP contribution is -2.25. The predicted molar refractivity (Wildman–Crippen MR) is 142 cm³/mol. The summed E-state index contributed by atoms with van der Waals surface area (Å²) in [6.45, 7) is 12.7. The van der Waals surface area contributed by atoms with Crippen molar-refractivity contribution in [3.05, 3.63) is 35.9 Å². The van der Waals surface area contributed by atoms with Gasteiger partial charge in [-0.2, -0.15) is 0 Å². The molecule has 8 heteroatoms. The highest BCUT2D eigenvalue weighted by Gasteiger charge is 2.16. The van der Waals surface area contributed by atoms with Crippen molar-refractivity contribution >= 4 is 18.0 Å². The van der Waals surface area contributed by atoms with Gasteiger partial charge in [0, 0.05) is 19.4 Å². The van der Waals surface area contributed by atoms with Crippen LogP contribution in [0.5, 0.6) is 0 Å². The molecule has 0 radical (unpaired) electrons. The molecule has 1 rings (SSSR count). The Bertz CT molecular complexity index is 739. The van der Waals surface area contributed by atoms with Crippen LogP contribution in [0.1, 0.15) is 98.5 Å². The Morgan fingerprint density at radius 2 is 1.25 bits per heavy atom. The maximum absolute atomic E-state index is 11.5. The van der Waals surface area contributed by atoms with E-state index < -0.39 is 11.7 Å². The highest BCUT2D eigenvalue weighted by Crippen LogP contribution is 2.11. The molecule has 0 fully saturated rings. The van der Waals surface area contributed by atoms with Gasteiger partial charge in [0.25, 0.3) is 0 Å². The van der Waals surface area contributed by atoms with E-state index >= 15 is 0 Å². The van der Waals surface area contributed by atoms with Gasteiger partial charge < -0.3 is 25.3 Å². The maximum Gasteiger partial charge on any atom is 0.407 e. The molecular weight excluding hydrogens is 460 g/mol. The zero-order valence-electron chi connectivity index (χ0n) is 23.2. The first-order valence-electron chi connectivity index (χ1n) is 12.9. The topological polar surface area (TPSA) is 117 Å². The third kappa shape index (κ3) is 23.1. The average Bonchev–Trinajstić information content (AvgIpc) is 2.76. The SMILES string of the molecule is CC(C)(C)OC(=O)CCCCCN.CC(C)(C)OC(=O)CCCCCNC(=O)OCc1ccccc1. The molecule has 0 spiro atoms. The summed E-state index contributed by atoms with van der Waals surface area (Å²) in [6.07, 6.45) is 5.82. The second-order valence-corrected chi connectivity index (χ2v) is 10.6. The zero-order chi connectivity index (χ0) is 27.5. The molecule has 0 bridgehead atoms. The van der Waals surface area contributed by atoms with Crippen molar-refractivity contribution < 1.29 is 28.6 Å². The first kappa shape index (κ1) is 33.4. The number of ether oxygens (including phenoxy) is 3. The summed E-state index contributed by atoms with van der Waals surface area (Å²) in [6, 6.07) is 9.54. The van der Waals surface area contributed by atoms with Crippen molar-refractivity contribution in [3.8, 4) is 0 Å². The number of amides is 1. The van der Waals surface area contributed by atoms with Crippen molar-refractivity contribution in [1.29, 1.82) is 0 Å². The zero-order valence-corrected chi connectivity index (χ0v) is 23.2. The van der Waals surface area contributed by atoms with E-state index in [9.17, 15) is 14.4 Å². The number of esters is 2. The van der Waals surface area contributed by atoms with Crippen molar-refractivity contribution in [3.63, 3.8) is 0 Å². The molecule has 0 heterocycles. The van der Waals surface area contributed by atoms with Gasteiger partial charge in [0.2, 0.25) is 0 Å². The minimum absolute atomic E-state index is 0.107. The first-order valence-corrected chi connectivity index (χ1v) is 12.9. The van der Waals surface area contributed by atoms with Gasteiger partial charge in [0.1, 0.15) is 17.8 Å². The van der Waals surface area contributed by atoms with Gasteiger partial charge in [-0.15, -0.1) is 0 Å². The summed E-state index contributed by atoms with van der Waals surface area (Å²) in [5.41, 5.74) is 5.50. The van der Waals surface area contributed by atoms with Gasteiger partial charge >= 0.3 is 18.0 Å². The molecule has 8 nitrogen and oxygen atoms in total. The summed E-state index contributed by atoms with van der Waals surface area (Å²) >= 11 is 0. The number of carbonyl (C=O) groups excluding carboxylic acids is 3. The Kier molecular flexibility index (Phi) is 17.3. The molecular formula is C28H48N2O6. The Hall–Kier alpha value is -2.61. The Balaban J connectivity index is 0.000000802. The molecule has 1 aromatic rings. The fourth-order valence-corrected chi connectivity index (χ4v) is 2.91. The molecule has 1 aromatic carbocycles. The number of benzene rings is 1. The van der Waals surface area contributed by atoms with E-state index in [1.807, 2.05) is 71.9 Å². The minimum Gasteiger partial charge on any atom is -0.460 e. The first-order chi connectivity index (χ1) is 16.8. The lowest BCUT2D eigenvalue weighted by molar-refractivity contribution is -0.156. The van der Waals surface area contributed by atoms with Crippen molar-refractivity contribution in [2.45, 2.75) is 111 Å². The van der Waals surface area contributed by atoms with E-state index in [-0.39, 0.29) is 24.1 Å². The predicted octanol–water partition coefficient (Wildman–Crippen LogP) is 5.66. The van der Waals surface area contributed by atoms with Crippen LogP contribution in [-0.2, 0) is 30.4 Å². The molecule has 0 aromatic heterocycles. The van der Waals surface area contributed by atoms with E-state index in [1.165, 1.54) is 0 Å². The van der Waals surface area contributed by atoms with Crippen LogP contribution >= 0.6 is 0 Å². The van der Waals surface area contributed by atoms with E-state index in [4.69, 9.17) is 19.9 Å². The Morgan fingerprint density at radius 1 is 0.750 bits per heavy atom. The van der Waals surface area contributed by atoms with Crippen molar-refractivity contribution in [1.82, 2.24) is 5.32 Å². The highest BCUT2D eigenvalue weighted by molar-refractivity contribution is 5.70. The molecule has 0 aliphatic heterocycles. The molecule has 1 amide bonds.